The molecule has 0 rings (SSSR count). The van der Waals surface area contributed by atoms with E-state index < -0.39 is 0 Å². The Labute approximate surface area is 96.6 Å². The van der Waals surface area contributed by atoms with Gasteiger partial charge in [-0.05, 0) is 38.5 Å². The van der Waals surface area contributed by atoms with Crippen molar-refractivity contribution in [3.8, 4) is 0 Å². The molecule has 0 N–H and O–H groups in total. The summed E-state index contributed by atoms with van der Waals surface area (Å²) in [5, 5.41) is 0. The van der Waals surface area contributed by atoms with Gasteiger partial charge in [0, 0.05) is 6.61 Å². The molecule has 0 radical (unpaired) electrons. The summed E-state index contributed by atoms with van der Waals surface area (Å²) >= 11 is 0. The van der Waals surface area contributed by atoms with Gasteiger partial charge in [-0.25, -0.2) is 0 Å². The molecule has 0 amide bonds. The SMILES string of the molecule is CCCC(C)(C)CCOC(C)(C)CCC. The van der Waals surface area contributed by atoms with Crippen molar-refractivity contribution in [2.75, 3.05) is 6.61 Å². The average Bonchev–Trinajstić information content (AvgIpc) is 2.02. The summed E-state index contributed by atoms with van der Waals surface area (Å²) in [5.41, 5.74) is 0.508. The number of ether oxygens (including phenoxy) is 1. The molecule has 1 nitrogen and oxygen atoms in total. The minimum atomic E-state index is 0.0665. The number of rotatable bonds is 8. The van der Waals surface area contributed by atoms with Gasteiger partial charge in [-0.1, -0.05) is 40.5 Å². The van der Waals surface area contributed by atoms with E-state index in [1.54, 1.807) is 0 Å². The molecule has 15 heavy (non-hydrogen) atoms. The van der Waals surface area contributed by atoms with E-state index in [2.05, 4.69) is 41.5 Å². The fourth-order valence-electron chi connectivity index (χ4n) is 2.08. The lowest BCUT2D eigenvalue weighted by Crippen LogP contribution is -2.26. The van der Waals surface area contributed by atoms with Gasteiger partial charge >= 0.3 is 0 Å². The Bertz CT molecular complexity index is 141. The van der Waals surface area contributed by atoms with Crippen molar-refractivity contribution >= 4 is 0 Å². The first kappa shape index (κ1) is 15.0. The van der Waals surface area contributed by atoms with Crippen LogP contribution in [0.25, 0.3) is 0 Å². The lowest BCUT2D eigenvalue weighted by molar-refractivity contribution is -0.0352. The van der Waals surface area contributed by atoms with Crippen molar-refractivity contribution in [3.63, 3.8) is 0 Å². The quantitative estimate of drug-likeness (QED) is 0.564. The van der Waals surface area contributed by atoms with Gasteiger partial charge in [0.25, 0.3) is 0 Å². The van der Waals surface area contributed by atoms with Crippen LogP contribution in [0.2, 0.25) is 0 Å². The molecule has 0 aliphatic carbocycles. The second kappa shape index (κ2) is 6.52. The van der Waals surface area contributed by atoms with Gasteiger partial charge in [-0.2, -0.15) is 0 Å². The molecule has 0 heterocycles. The summed E-state index contributed by atoms with van der Waals surface area (Å²) in [4.78, 5) is 0. The second-order valence-electron chi connectivity index (χ2n) is 6.02. The van der Waals surface area contributed by atoms with E-state index in [9.17, 15) is 0 Å². The zero-order chi connectivity index (χ0) is 11.9. The Hall–Kier alpha value is -0.0400. The molecule has 0 fully saturated rings. The minimum absolute atomic E-state index is 0.0665. The van der Waals surface area contributed by atoms with Crippen molar-refractivity contribution in [2.24, 2.45) is 5.41 Å². The smallest absolute Gasteiger partial charge is 0.0626 e. The summed E-state index contributed by atoms with van der Waals surface area (Å²) in [6, 6.07) is 0. The molecule has 0 spiro atoms. The van der Waals surface area contributed by atoms with Gasteiger partial charge in [-0.15, -0.1) is 0 Å². The summed E-state index contributed by atoms with van der Waals surface area (Å²) < 4.78 is 5.95. The Morgan fingerprint density at radius 3 is 1.80 bits per heavy atom. The number of hydrogen-bond donors (Lipinski definition) is 0. The van der Waals surface area contributed by atoms with Gasteiger partial charge in [0.05, 0.1) is 5.60 Å². The monoisotopic (exact) mass is 214 g/mol. The molecular formula is C14H30O. The van der Waals surface area contributed by atoms with Crippen LogP contribution in [-0.4, -0.2) is 12.2 Å². The first-order valence-corrected chi connectivity index (χ1v) is 6.47. The van der Waals surface area contributed by atoms with Crippen LogP contribution in [0.5, 0.6) is 0 Å². The van der Waals surface area contributed by atoms with Crippen molar-refractivity contribution in [3.05, 3.63) is 0 Å². The highest BCUT2D eigenvalue weighted by molar-refractivity contribution is 4.71. The molecule has 92 valence electrons. The predicted molar refractivity (Wildman–Crippen MR) is 68.2 cm³/mol. The molecule has 0 aliphatic heterocycles. The second-order valence-corrected chi connectivity index (χ2v) is 6.02. The van der Waals surface area contributed by atoms with Gasteiger partial charge in [-0.3, -0.25) is 0 Å². The third-order valence-corrected chi connectivity index (χ3v) is 3.05. The van der Waals surface area contributed by atoms with E-state index in [1.807, 2.05) is 0 Å². The Morgan fingerprint density at radius 1 is 0.800 bits per heavy atom. The Kier molecular flexibility index (Phi) is 6.51. The van der Waals surface area contributed by atoms with E-state index in [0.29, 0.717) is 5.41 Å². The fraction of sp³-hybridized carbons (Fsp3) is 1.00. The highest BCUT2D eigenvalue weighted by Gasteiger charge is 2.20. The summed E-state index contributed by atoms with van der Waals surface area (Å²) in [6.45, 7) is 14.4. The molecule has 0 unspecified atom stereocenters. The molecule has 0 atom stereocenters. The molecule has 0 aromatic heterocycles. The van der Waals surface area contributed by atoms with Crippen LogP contribution < -0.4 is 0 Å². The summed E-state index contributed by atoms with van der Waals surface area (Å²) in [5.74, 6) is 0. The Morgan fingerprint density at radius 2 is 1.33 bits per heavy atom. The van der Waals surface area contributed by atoms with Crippen LogP contribution >= 0.6 is 0 Å². The first-order chi connectivity index (χ1) is 6.83. The van der Waals surface area contributed by atoms with Crippen LogP contribution in [0.3, 0.4) is 0 Å². The Balaban J connectivity index is 3.77. The summed E-state index contributed by atoms with van der Waals surface area (Å²) in [7, 11) is 0. The first-order valence-electron chi connectivity index (χ1n) is 6.47. The molecule has 0 saturated carbocycles. The van der Waals surface area contributed by atoms with Crippen molar-refractivity contribution < 1.29 is 4.74 Å². The average molecular weight is 214 g/mol. The lowest BCUT2D eigenvalue weighted by Gasteiger charge is -2.29. The van der Waals surface area contributed by atoms with Gasteiger partial charge in [0.2, 0.25) is 0 Å². The zero-order valence-electron chi connectivity index (χ0n) is 11.7. The molecular weight excluding hydrogens is 184 g/mol. The van der Waals surface area contributed by atoms with Gasteiger partial charge < -0.3 is 4.74 Å². The minimum Gasteiger partial charge on any atom is -0.376 e. The molecule has 1 heteroatoms. The van der Waals surface area contributed by atoms with Crippen molar-refractivity contribution in [1.82, 2.24) is 0 Å². The maximum atomic E-state index is 5.95. The van der Waals surface area contributed by atoms with Crippen LogP contribution in [0.4, 0.5) is 0 Å². The van der Waals surface area contributed by atoms with Gasteiger partial charge in [0.1, 0.15) is 0 Å². The van der Waals surface area contributed by atoms with Crippen LogP contribution in [-0.2, 0) is 4.74 Å². The third-order valence-electron chi connectivity index (χ3n) is 3.05. The topological polar surface area (TPSA) is 9.23 Å². The standard InChI is InChI=1S/C14H30O/c1-7-9-13(3,4)11-12-15-14(5,6)10-8-2/h7-12H2,1-6H3. The van der Waals surface area contributed by atoms with E-state index in [4.69, 9.17) is 4.74 Å². The van der Waals surface area contributed by atoms with E-state index in [0.717, 1.165) is 13.0 Å². The third kappa shape index (κ3) is 7.84. The van der Waals surface area contributed by atoms with Crippen LogP contribution in [0.1, 0.15) is 73.6 Å². The van der Waals surface area contributed by atoms with E-state index in [-0.39, 0.29) is 5.60 Å². The highest BCUT2D eigenvalue weighted by atomic mass is 16.5. The van der Waals surface area contributed by atoms with Crippen LogP contribution in [0.15, 0.2) is 0 Å². The van der Waals surface area contributed by atoms with E-state index >= 15 is 0 Å². The maximum Gasteiger partial charge on any atom is 0.0626 e. The predicted octanol–water partition coefficient (Wildman–Crippen LogP) is 4.80. The molecule has 0 aliphatic rings. The largest absolute Gasteiger partial charge is 0.376 e. The van der Waals surface area contributed by atoms with E-state index in [1.165, 1.54) is 25.7 Å². The zero-order valence-corrected chi connectivity index (χ0v) is 11.7. The fourth-order valence-corrected chi connectivity index (χ4v) is 2.08. The normalized spacial score (nSPS) is 13.2. The number of hydrogen-bond acceptors (Lipinski definition) is 1. The van der Waals surface area contributed by atoms with Gasteiger partial charge in [0.15, 0.2) is 0 Å². The lowest BCUT2D eigenvalue weighted by atomic mass is 9.85. The molecule has 0 bridgehead atoms. The van der Waals surface area contributed by atoms with Crippen molar-refractivity contribution in [1.29, 1.82) is 0 Å². The van der Waals surface area contributed by atoms with Crippen molar-refractivity contribution in [2.45, 2.75) is 79.2 Å². The maximum absolute atomic E-state index is 5.95. The molecule has 0 saturated heterocycles. The highest BCUT2D eigenvalue weighted by Crippen LogP contribution is 2.27. The molecule has 0 aromatic carbocycles. The summed E-state index contributed by atoms with van der Waals surface area (Å²) in [6.07, 6.45) is 6.09. The molecule has 0 aromatic rings. The van der Waals surface area contributed by atoms with Crippen LogP contribution in [0, 0.1) is 5.41 Å².